The first kappa shape index (κ1) is 16.9. The molecular weight excluding hydrogens is 300 g/mol. The number of thioether (sulfide) groups is 1. The normalized spacial score (nSPS) is 20.9. The molecule has 0 saturated heterocycles. The summed E-state index contributed by atoms with van der Waals surface area (Å²) in [4.78, 5) is 13.1. The summed E-state index contributed by atoms with van der Waals surface area (Å²) in [6.45, 7) is 2.53. The molecule has 0 bridgehead atoms. The molecule has 0 saturated carbocycles. The predicted octanol–water partition coefficient (Wildman–Crippen LogP) is 3.62. The van der Waals surface area contributed by atoms with Crippen molar-refractivity contribution in [2.24, 2.45) is 5.92 Å². The third-order valence-electron chi connectivity index (χ3n) is 3.52. The maximum absolute atomic E-state index is 11.9. The first-order chi connectivity index (χ1) is 10.7. The monoisotopic (exact) mass is 322 g/mol. The molecule has 0 N–H and O–H groups in total. The third-order valence-corrected chi connectivity index (χ3v) is 4.56. The highest BCUT2D eigenvalue weighted by atomic mass is 32.2. The van der Waals surface area contributed by atoms with Gasteiger partial charge in [-0.1, -0.05) is 18.2 Å². The van der Waals surface area contributed by atoms with Crippen molar-refractivity contribution >= 4 is 17.7 Å². The second-order valence-corrected chi connectivity index (χ2v) is 6.14. The summed E-state index contributed by atoms with van der Waals surface area (Å²) in [5.74, 6) is 0.723. The lowest BCUT2D eigenvalue weighted by atomic mass is 9.92. The fourth-order valence-corrected chi connectivity index (χ4v) is 3.38. The zero-order valence-electron chi connectivity index (χ0n) is 13.0. The average molecular weight is 322 g/mol. The van der Waals surface area contributed by atoms with E-state index in [-0.39, 0.29) is 18.2 Å². The van der Waals surface area contributed by atoms with Crippen LogP contribution in [0.25, 0.3) is 0 Å². The number of benzene rings is 1. The van der Waals surface area contributed by atoms with Gasteiger partial charge >= 0.3 is 5.97 Å². The van der Waals surface area contributed by atoms with Gasteiger partial charge in [-0.15, -0.1) is 11.8 Å². The molecule has 1 aliphatic heterocycles. The van der Waals surface area contributed by atoms with E-state index >= 15 is 0 Å². The van der Waals surface area contributed by atoms with Crippen LogP contribution in [0.5, 0.6) is 0 Å². The molecule has 22 heavy (non-hydrogen) atoms. The van der Waals surface area contributed by atoms with Crippen LogP contribution in [-0.2, 0) is 19.0 Å². The van der Waals surface area contributed by atoms with Gasteiger partial charge < -0.3 is 14.2 Å². The van der Waals surface area contributed by atoms with Crippen molar-refractivity contribution in [2.45, 2.75) is 31.0 Å². The van der Waals surface area contributed by atoms with Gasteiger partial charge in [0, 0.05) is 23.8 Å². The Hall–Kier alpha value is -1.46. The van der Waals surface area contributed by atoms with Crippen LogP contribution in [0.1, 0.15) is 19.8 Å². The van der Waals surface area contributed by atoms with Gasteiger partial charge in [-0.05, 0) is 31.2 Å². The lowest BCUT2D eigenvalue weighted by Crippen LogP contribution is -2.28. The molecule has 2 atom stereocenters. The molecule has 1 aromatic rings. The van der Waals surface area contributed by atoms with E-state index in [9.17, 15) is 4.79 Å². The van der Waals surface area contributed by atoms with Crippen LogP contribution in [0.4, 0.5) is 0 Å². The molecule has 0 unspecified atom stereocenters. The molecule has 0 spiro atoms. The summed E-state index contributed by atoms with van der Waals surface area (Å²) in [5, 5.41) is 0. The molecule has 0 aliphatic carbocycles. The third kappa shape index (κ3) is 4.78. The van der Waals surface area contributed by atoms with E-state index in [1.807, 2.05) is 25.1 Å². The zero-order valence-corrected chi connectivity index (χ0v) is 13.8. The van der Waals surface area contributed by atoms with E-state index in [1.54, 1.807) is 11.8 Å². The van der Waals surface area contributed by atoms with Gasteiger partial charge in [0.15, 0.2) is 6.29 Å². The fraction of sp³-hybridized carbons (Fsp3) is 0.471. The SMILES string of the molecule is CCO[C@H]1C[C@H](CCSc2ccccc2)C(C(=O)OC)=CO1. The highest BCUT2D eigenvalue weighted by Crippen LogP contribution is 2.31. The standard InChI is InChI=1S/C17H22O4S/c1-3-20-16-11-13(15(12-21-16)17(18)19-2)9-10-22-14-7-5-4-6-8-14/h4-8,12-13,16H,3,9-11H2,1-2H3/t13-,16+/m0/s1. The van der Waals surface area contributed by atoms with Gasteiger partial charge in [0.25, 0.3) is 0 Å². The minimum Gasteiger partial charge on any atom is -0.472 e. The van der Waals surface area contributed by atoms with E-state index in [2.05, 4.69) is 12.1 Å². The number of carbonyl (C=O) groups excluding carboxylic acids is 1. The van der Waals surface area contributed by atoms with E-state index in [1.165, 1.54) is 18.3 Å². The van der Waals surface area contributed by atoms with Crippen molar-refractivity contribution in [3.63, 3.8) is 0 Å². The Bertz CT molecular complexity index is 501. The van der Waals surface area contributed by atoms with Crippen LogP contribution in [0.15, 0.2) is 47.1 Å². The maximum Gasteiger partial charge on any atom is 0.337 e. The van der Waals surface area contributed by atoms with Crippen LogP contribution >= 0.6 is 11.8 Å². The molecule has 0 amide bonds. The minimum absolute atomic E-state index is 0.106. The van der Waals surface area contributed by atoms with E-state index in [4.69, 9.17) is 14.2 Å². The molecule has 4 nitrogen and oxygen atoms in total. The van der Waals surface area contributed by atoms with E-state index in [0.29, 0.717) is 18.6 Å². The molecule has 0 fully saturated rings. The summed E-state index contributed by atoms with van der Waals surface area (Å²) in [6, 6.07) is 10.3. The summed E-state index contributed by atoms with van der Waals surface area (Å²) >= 11 is 1.79. The van der Waals surface area contributed by atoms with Gasteiger partial charge in [0.05, 0.1) is 18.9 Å². The highest BCUT2D eigenvalue weighted by Gasteiger charge is 2.30. The number of ether oxygens (including phenoxy) is 3. The summed E-state index contributed by atoms with van der Waals surface area (Å²) < 4.78 is 15.8. The molecule has 0 aromatic heterocycles. The summed E-state index contributed by atoms with van der Waals surface area (Å²) in [7, 11) is 1.40. The molecule has 2 rings (SSSR count). The fourth-order valence-electron chi connectivity index (χ4n) is 2.40. The smallest absolute Gasteiger partial charge is 0.337 e. The highest BCUT2D eigenvalue weighted by molar-refractivity contribution is 7.99. The number of rotatable bonds is 7. The average Bonchev–Trinajstić information content (AvgIpc) is 2.56. The molecular formula is C17H22O4S. The van der Waals surface area contributed by atoms with Gasteiger partial charge in [-0.2, -0.15) is 0 Å². The maximum atomic E-state index is 11.9. The molecule has 1 aliphatic rings. The lowest BCUT2D eigenvalue weighted by molar-refractivity contribution is -0.143. The van der Waals surface area contributed by atoms with Crippen LogP contribution < -0.4 is 0 Å². The summed E-state index contributed by atoms with van der Waals surface area (Å²) in [5.41, 5.74) is 0.604. The van der Waals surface area contributed by atoms with E-state index in [0.717, 1.165) is 12.2 Å². The van der Waals surface area contributed by atoms with Crippen molar-refractivity contribution in [3.05, 3.63) is 42.2 Å². The van der Waals surface area contributed by atoms with Gasteiger partial charge in [0.2, 0.25) is 0 Å². The van der Waals surface area contributed by atoms with Gasteiger partial charge in [0.1, 0.15) is 0 Å². The number of hydrogen-bond acceptors (Lipinski definition) is 5. The van der Waals surface area contributed by atoms with Crippen molar-refractivity contribution in [2.75, 3.05) is 19.5 Å². The first-order valence-corrected chi connectivity index (χ1v) is 8.46. The van der Waals surface area contributed by atoms with Crippen LogP contribution in [0, 0.1) is 5.92 Å². The van der Waals surface area contributed by atoms with Crippen molar-refractivity contribution in [1.82, 2.24) is 0 Å². The quantitative estimate of drug-likeness (QED) is 0.566. The largest absolute Gasteiger partial charge is 0.472 e. The number of hydrogen-bond donors (Lipinski definition) is 0. The lowest BCUT2D eigenvalue weighted by Gasteiger charge is -2.28. The van der Waals surface area contributed by atoms with Crippen molar-refractivity contribution in [1.29, 1.82) is 0 Å². The Morgan fingerprint density at radius 2 is 2.14 bits per heavy atom. The Labute approximate surface area is 135 Å². The van der Waals surface area contributed by atoms with Crippen molar-refractivity contribution < 1.29 is 19.0 Å². The Kier molecular flexibility index (Phi) is 6.80. The number of methoxy groups -OCH3 is 1. The second kappa shape index (κ2) is 8.86. The molecule has 1 aromatic carbocycles. The Morgan fingerprint density at radius 1 is 1.36 bits per heavy atom. The van der Waals surface area contributed by atoms with Crippen LogP contribution in [0.2, 0.25) is 0 Å². The van der Waals surface area contributed by atoms with E-state index < -0.39 is 0 Å². The summed E-state index contributed by atoms with van der Waals surface area (Å²) in [6.07, 6.45) is 2.80. The predicted molar refractivity (Wildman–Crippen MR) is 86.5 cm³/mol. The van der Waals surface area contributed by atoms with Gasteiger partial charge in [-0.3, -0.25) is 0 Å². The first-order valence-electron chi connectivity index (χ1n) is 7.47. The van der Waals surface area contributed by atoms with Crippen LogP contribution in [-0.4, -0.2) is 31.7 Å². The Balaban J connectivity index is 1.93. The molecule has 120 valence electrons. The topological polar surface area (TPSA) is 44.8 Å². The minimum atomic E-state index is -0.315. The number of esters is 1. The van der Waals surface area contributed by atoms with Crippen LogP contribution in [0.3, 0.4) is 0 Å². The Morgan fingerprint density at radius 3 is 2.82 bits per heavy atom. The van der Waals surface area contributed by atoms with Gasteiger partial charge in [-0.25, -0.2) is 4.79 Å². The number of carbonyl (C=O) groups is 1. The second-order valence-electron chi connectivity index (χ2n) is 4.97. The molecule has 5 heteroatoms. The molecule has 0 radical (unpaired) electrons. The zero-order chi connectivity index (χ0) is 15.8. The van der Waals surface area contributed by atoms with Crippen molar-refractivity contribution in [3.8, 4) is 0 Å². The molecule has 1 heterocycles.